The van der Waals surface area contributed by atoms with Gasteiger partial charge in [-0.05, 0) is 36.8 Å². The third kappa shape index (κ3) is 2.19. The minimum Gasteiger partial charge on any atom is -0.504 e. The van der Waals surface area contributed by atoms with Crippen molar-refractivity contribution in [2.75, 3.05) is 14.2 Å². The van der Waals surface area contributed by atoms with Crippen LogP contribution in [0.25, 0.3) is 22.0 Å². The largest absolute Gasteiger partial charge is 0.504 e. The number of methoxy groups -OCH3 is 2. The predicted molar refractivity (Wildman–Crippen MR) is 94.5 cm³/mol. The lowest BCUT2D eigenvalue weighted by Crippen LogP contribution is -2.40. The van der Waals surface area contributed by atoms with E-state index in [2.05, 4.69) is 17.7 Å². The Morgan fingerprint density at radius 2 is 1.76 bits per heavy atom. The van der Waals surface area contributed by atoms with Crippen LogP contribution in [0.4, 0.5) is 0 Å². The first-order chi connectivity index (χ1) is 12.0. The lowest BCUT2D eigenvalue weighted by molar-refractivity contribution is -0.686. The fourth-order valence-corrected chi connectivity index (χ4v) is 3.79. The summed E-state index contributed by atoms with van der Waals surface area (Å²) in [6.45, 7) is 2.86. The monoisotopic (exact) mass is 338 g/mol. The lowest BCUT2D eigenvalue weighted by atomic mass is 9.92. The van der Waals surface area contributed by atoms with Gasteiger partial charge in [-0.15, -0.1) is 0 Å². The molecule has 0 saturated heterocycles. The van der Waals surface area contributed by atoms with Gasteiger partial charge < -0.3 is 19.7 Å². The molecule has 1 aliphatic heterocycles. The highest BCUT2D eigenvalue weighted by molar-refractivity contribution is 5.94. The zero-order chi connectivity index (χ0) is 17.7. The molecule has 0 radical (unpaired) electrons. The number of hydrogen-bond donors (Lipinski definition) is 2. The van der Waals surface area contributed by atoms with Crippen molar-refractivity contribution in [2.24, 2.45) is 0 Å². The van der Waals surface area contributed by atoms with Crippen molar-refractivity contribution in [1.82, 2.24) is 0 Å². The Labute approximate surface area is 145 Å². The maximum Gasteiger partial charge on any atom is 0.216 e. The first kappa shape index (κ1) is 15.6. The number of aromatic hydroxyl groups is 2. The maximum absolute atomic E-state index is 9.96. The van der Waals surface area contributed by atoms with Crippen LogP contribution in [0.3, 0.4) is 0 Å². The fraction of sp³-hybridized carbons (Fsp3) is 0.250. The highest BCUT2D eigenvalue weighted by atomic mass is 16.5. The molecule has 4 rings (SSSR count). The van der Waals surface area contributed by atoms with Crippen LogP contribution < -0.4 is 14.0 Å². The minimum atomic E-state index is -0.0981. The zero-order valence-corrected chi connectivity index (χ0v) is 14.5. The van der Waals surface area contributed by atoms with Crippen LogP contribution in [0, 0.1) is 6.92 Å². The third-order valence-electron chi connectivity index (χ3n) is 4.99. The van der Waals surface area contributed by atoms with Crippen LogP contribution in [0.5, 0.6) is 23.0 Å². The molecule has 0 amide bonds. The highest BCUT2D eigenvalue weighted by Crippen LogP contribution is 2.41. The number of fused-ring (bicyclic) bond motifs is 4. The topological polar surface area (TPSA) is 62.8 Å². The molecular formula is C20H20NO4+. The first-order valence-corrected chi connectivity index (χ1v) is 8.18. The standard InChI is InChI=1S/C20H19NO4/c1-11-13-4-5-18(24-2)20(25-3)15(13)10-21-7-6-12-8-16(22)17(23)9-14(12)19(11)21/h4-5,8-10,23H,6-7H2,1-3H3/p+1. The van der Waals surface area contributed by atoms with E-state index >= 15 is 0 Å². The van der Waals surface area contributed by atoms with Gasteiger partial charge in [0.2, 0.25) is 5.69 Å². The van der Waals surface area contributed by atoms with Crippen LogP contribution in [0.15, 0.2) is 30.5 Å². The molecule has 0 saturated carbocycles. The summed E-state index contributed by atoms with van der Waals surface area (Å²) in [5.41, 5.74) is 4.15. The Morgan fingerprint density at radius 1 is 1.00 bits per heavy atom. The Hall–Kier alpha value is -2.95. The first-order valence-electron chi connectivity index (χ1n) is 8.18. The van der Waals surface area contributed by atoms with Crippen LogP contribution in [0.2, 0.25) is 0 Å². The van der Waals surface area contributed by atoms with Gasteiger partial charge in [-0.1, -0.05) is 0 Å². The molecular weight excluding hydrogens is 318 g/mol. The Balaban J connectivity index is 2.07. The Bertz CT molecular complexity index is 1010. The summed E-state index contributed by atoms with van der Waals surface area (Å²) >= 11 is 0. The second kappa shape index (κ2) is 5.55. The number of rotatable bonds is 2. The van der Waals surface area contributed by atoms with Crippen molar-refractivity contribution < 1.29 is 24.3 Å². The highest BCUT2D eigenvalue weighted by Gasteiger charge is 2.29. The van der Waals surface area contributed by atoms with Crippen LogP contribution >= 0.6 is 0 Å². The third-order valence-corrected chi connectivity index (χ3v) is 4.99. The Morgan fingerprint density at radius 3 is 2.48 bits per heavy atom. The van der Waals surface area contributed by atoms with Crippen molar-refractivity contribution in [3.63, 3.8) is 0 Å². The smallest absolute Gasteiger partial charge is 0.216 e. The van der Waals surface area contributed by atoms with Gasteiger partial charge in [0.05, 0.1) is 25.2 Å². The molecule has 1 aliphatic rings. The van der Waals surface area contributed by atoms with Gasteiger partial charge in [0.25, 0.3) is 0 Å². The number of nitrogens with zero attached hydrogens (tertiary/aromatic N) is 1. The summed E-state index contributed by atoms with van der Waals surface area (Å²) in [5.74, 6) is 1.25. The van der Waals surface area contributed by atoms with E-state index in [1.54, 1.807) is 26.4 Å². The van der Waals surface area contributed by atoms with E-state index in [9.17, 15) is 10.2 Å². The van der Waals surface area contributed by atoms with Gasteiger partial charge in [0, 0.05) is 17.4 Å². The number of hydrogen-bond acceptors (Lipinski definition) is 4. The Kier molecular flexibility index (Phi) is 3.46. The number of benzene rings is 2. The van der Waals surface area contributed by atoms with Crippen molar-refractivity contribution >= 4 is 10.8 Å². The zero-order valence-electron chi connectivity index (χ0n) is 14.5. The summed E-state index contributed by atoms with van der Waals surface area (Å²) in [7, 11) is 3.28. The van der Waals surface area contributed by atoms with Crippen LogP contribution in [0.1, 0.15) is 11.1 Å². The minimum absolute atomic E-state index is 0.0722. The lowest BCUT2D eigenvalue weighted by Gasteiger charge is -2.19. The molecule has 25 heavy (non-hydrogen) atoms. The van der Waals surface area contributed by atoms with E-state index in [1.807, 2.05) is 12.1 Å². The summed E-state index contributed by atoms with van der Waals surface area (Å²) in [5, 5.41) is 21.8. The number of ether oxygens (including phenoxy) is 2. The fourth-order valence-electron chi connectivity index (χ4n) is 3.79. The van der Waals surface area contributed by atoms with Gasteiger partial charge >= 0.3 is 0 Å². The van der Waals surface area contributed by atoms with Crippen molar-refractivity contribution in [1.29, 1.82) is 0 Å². The van der Waals surface area contributed by atoms with Crippen LogP contribution in [-0.4, -0.2) is 24.4 Å². The molecule has 0 aliphatic carbocycles. The van der Waals surface area contributed by atoms with Gasteiger partial charge in [-0.25, -0.2) is 0 Å². The number of pyridine rings is 1. The van der Waals surface area contributed by atoms with Crippen molar-refractivity contribution in [2.45, 2.75) is 19.9 Å². The number of aromatic nitrogens is 1. The second-order valence-corrected chi connectivity index (χ2v) is 6.31. The summed E-state index contributed by atoms with van der Waals surface area (Å²) in [4.78, 5) is 0. The van der Waals surface area contributed by atoms with E-state index in [4.69, 9.17) is 9.47 Å². The molecule has 0 fully saturated rings. The molecule has 0 bridgehead atoms. The quantitative estimate of drug-likeness (QED) is 0.557. The number of aryl methyl sites for hydroxylation is 3. The number of phenolic OH excluding ortho intramolecular Hbond substituents is 2. The molecule has 2 N–H and O–H groups in total. The van der Waals surface area contributed by atoms with Gasteiger partial charge in [-0.3, -0.25) is 0 Å². The van der Waals surface area contributed by atoms with E-state index in [1.165, 1.54) is 0 Å². The van der Waals surface area contributed by atoms with Crippen LogP contribution in [-0.2, 0) is 13.0 Å². The molecule has 5 heteroatoms. The molecule has 0 unspecified atom stereocenters. The van der Waals surface area contributed by atoms with E-state index in [0.717, 1.165) is 51.9 Å². The summed E-state index contributed by atoms with van der Waals surface area (Å²) < 4.78 is 13.2. The van der Waals surface area contributed by atoms with Gasteiger partial charge in [0.15, 0.2) is 35.7 Å². The summed E-state index contributed by atoms with van der Waals surface area (Å²) in [6.07, 6.45) is 2.87. The van der Waals surface area contributed by atoms with Gasteiger partial charge in [-0.2, -0.15) is 4.57 Å². The predicted octanol–water partition coefficient (Wildman–Crippen LogP) is 3.09. The normalized spacial score (nSPS) is 12.6. The molecule has 1 aromatic heterocycles. The molecule has 128 valence electrons. The number of phenols is 2. The molecule has 0 atom stereocenters. The average molecular weight is 338 g/mol. The molecule has 5 nitrogen and oxygen atoms in total. The van der Waals surface area contributed by atoms with E-state index in [0.29, 0.717) is 5.75 Å². The second-order valence-electron chi connectivity index (χ2n) is 6.31. The van der Waals surface area contributed by atoms with Crippen molar-refractivity contribution in [3.05, 3.63) is 41.6 Å². The molecule has 0 spiro atoms. The molecule has 2 heterocycles. The SMILES string of the molecule is COc1ccc2c(C)c3[n+](cc2c1OC)CCc1cc(O)c(O)cc1-3. The van der Waals surface area contributed by atoms with Gasteiger partial charge in [0.1, 0.15) is 0 Å². The average Bonchev–Trinajstić information content (AvgIpc) is 2.61. The molecule has 2 aromatic carbocycles. The van der Waals surface area contributed by atoms with E-state index < -0.39 is 0 Å². The molecule has 3 aromatic rings. The van der Waals surface area contributed by atoms with E-state index in [-0.39, 0.29) is 11.5 Å². The van der Waals surface area contributed by atoms with Crippen molar-refractivity contribution in [3.8, 4) is 34.3 Å². The maximum atomic E-state index is 9.96. The summed E-state index contributed by atoms with van der Waals surface area (Å²) in [6, 6.07) is 7.24.